The molecule has 0 spiro atoms. The van der Waals surface area contributed by atoms with E-state index in [-0.39, 0.29) is 30.7 Å². The van der Waals surface area contributed by atoms with Crippen molar-refractivity contribution in [3.63, 3.8) is 0 Å². The predicted octanol–water partition coefficient (Wildman–Crippen LogP) is 1.86. The van der Waals surface area contributed by atoms with Crippen molar-refractivity contribution in [1.82, 2.24) is 13.5 Å². The molecule has 2 aliphatic rings. The van der Waals surface area contributed by atoms with E-state index in [1.807, 2.05) is 0 Å². The molecule has 10 heteroatoms. The molecular formula is C18H26N4O5S. The van der Waals surface area contributed by atoms with E-state index in [9.17, 15) is 23.3 Å². The number of carbonyl (C=O) groups is 1. The molecule has 154 valence electrons. The second kappa shape index (κ2) is 8.54. The Balaban J connectivity index is 1.60. The first-order chi connectivity index (χ1) is 13.3. The molecule has 28 heavy (non-hydrogen) atoms. The lowest BCUT2D eigenvalue weighted by Gasteiger charge is -2.38. The normalized spacial score (nSPS) is 19.7. The van der Waals surface area contributed by atoms with Gasteiger partial charge in [0.05, 0.1) is 4.92 Å². The van der Waals surface area contributed by atoms with Crippen LogP contribution in [0.5, 0.6) is 0 Å². The van der Waals surface area contributed by atoms with E-state index in [1.165, 1.54) is 32.9 Å². The number of nitrogens with zero attached hydrogens (tertiary/aromatic N) is 4. The van der Waals surface area contributed by atoms with Crippen molar-refractivity contribution in [2.75, 3.05) is 33.2 Å². The van der Waals surface area contributed by atoms with E-state index in [1.54, 1.807) is 11.9 Å². The molecule has 0 aromatic heterocycles. The number of piperazine rings is 1. The van der Waals surface area contributed by atoms with Crippen molar-refractivity contribution in [3.05, 3.63) is 39.9 Å². The number of rotatable bonds is 5. The van der Waals surface area contributed by atoms with Crippen LogP contribution < -0.4 is 0 Å². The van der Waals surface area contributed by atoms with Crippen molar-refractivity contribution in [3.8, 4) is 0 Å². The Morgan fingerprint density at radius 2 is 1.64 bits per heavy atom. The highest BCUT2D eigenvalue weighted by atomic mass is 32.2. The molecule has 0 N–H and O–H groups in total. The van der Waals surface area contributed by atoms with Crippen molar-refractivity contribution in [2.45, 2.75) is 38.1 Å². The zero-order valence-electron chi connectivity index (χ0n) is 16.0. The van der Waals surface area contributed by atoms with E-state index in [0.29, 0.717) is 18.7 Å². The highest BCUT2D eigenvalue weighted by molar-refractivity contribution is 7.86. The van der Waals surface area contributed by atoms with Crippen molar-refractivity contribution in [2.24, 2.45) is 0 Å². The maximum atomic E-state index is 12.9. The Morgan fingerprint density at radius 1 is 1.07 bits per heavy atom. The fraction of sp³-hybridized carbons (Fsp3) is 0.611. The Hall–Kier alpha value is -2.04. The van der Waals surface area contributed by atoms with Crippen LogP contribution in [-0.4, -0.2) is 72.0 Å². The number of non-ortho nitro benzene ring substituents is 1. The highest BCUT2D eigenvalue weighted by Gasteiger charge is 2.35. The Labute approximate surface area is 165 Å². The van der Waals surface area contributed by atoms with Crippen LogP contribution >= 0.6 is 0 Å². The van der Waals surface area contributed by atoms with Gasteiger partial charge in [-0.3, -0.25) is 14.9 Å². The van der Waals surface area contributed by atoms with Crippen LogP contribution in [0.2, 0.25) is 0 Å². The average molecular weight is 410 g/mol. The summed E-state index contributed by atoms with van der Waals surface area (Å²) in [5.74, 6) is -0.243. The number of carbonyl (C=O) groups excluding carboxylic acids is 1. The monoisotopic (exact) mass is 410 g/mol. The van der Waals surface area contributed by atoms with Crippen LogP contribution in [0.1, 0.15) is 42.5 Å². The zero-order valence-corrected chi connectivity index (χ0v) is 16.8. The summed E-state index contributed by atoms with van der Waals surface area (Å²) in [5, 5.41) is 10.7. The minimum absolute atomic E-state index is 0.0542. The first-order valence-corrected chi connectivity index (χ1v) is 11.0. The Morgan fingerprint density at radius 3 is 2.18 bits per heavy atom. The molecule has 1 amide bonds. The topological polar surface area (TPSA) is 104 Å². The van der Waals surface area contributed by atoms with E-state index >= 15 is 0 Å². The standard InChI is InChI=1S/C18H26N4O5S/c1-19(16-5-3-2-4-6-16)28(26,27)21-13-11-20(12-14-21)18(23)15-7-9-17(10-8-15)22(24)25/h7-10,16H,2-6,11-14H2,1H3. The molecule has 1 aliphatic heterocycles. The van der Waals surface area contributed by atoms with E-state index < -0.39 is 15.1 Å². The van der Waals surface area contributed by atoms with Gasteiger partial charge in [0.25, 0.3) is 21.8 Å². The third kappa shape index (κ3) is 4.34. The summed E-state index contributed by atoms with van der Waals surface area (Å²) in [4.78, 5) is 24.4. The lowest BCUT2D eigenvalue weighted by Crippen LogP contribution is -2.55. The van der Waals surface area contributed by atoms with Gasteiger partial charge in [-0.05, 0) is 25.0 Å². The van der Waals surface area contributed by atoms with Crippen LogP contribution in [0, 0.1) is 10.1 Å². The summed E-state index contributed by atoms with van der Waals surface area (Å²) >= 11 is 0. The second-order valence-electron chi connectivity index (χ2n) is 7.31. The van der Waals surface area contributed by atoms with Gasteiger partial charge >= 0.3 is 0 Å². The molecule has 3 rings (SSSR count). The van der Waals surface area contributed by atoms with Crippen LogP contribution in [0.15, 0.2) is 24.3 Å². The van der Waals surface area contributed by atoms with Crippen LogP contribution in [0.25, 0.3) is 0 Å². The minimum Gasteiger partial charge on any atom is -0.336 e. The van der Waals surface area contributed by atoms with E-state index in [4.69, 9.17) is 0 Å². The molecule has 1 aromatic carbocycles. The van der Waals surface area contributed by atoms with E-state index in [2.05, 4.69) is 0 Å². The summed E-state index contributed by atoms with van der Waals surface area (Å²) in [6, 6.07) is 5.51. The summed E-state index contributed by atoms with van der Waals surface area (Å²) in [7, 11) is -1.88. The zero-order chi connectivity index (χ0) is 20.3. The third-order valence-electron chi connectivity index (χ3n) is 5.63. The SMILES string of the molecule is CN(C1CCCCC1)S(=O)(=O)N1CCN(C(=O)c2ccc([N+](=O)[O-])cc2)CC1. The molecule has 0 unspecified atom stereocenters. The van der Waals surface area contributed by atoms with Crippen LogP contribution in [0.3, 0.4) is 0 Å². The first kappa shape index (κ1) is 20.7. The molecule has 1 saturated heterocycles. The van der Waals surface area contributed by atoms with Crippen molar-refractivity contribution in [1.29, 1.82) is 0 Å². The Kier molecular flexibility index (Phi) is 6.31. The van der Waals surface area contributed by atoms with Gasteiger partial charge in [0.1, 0.15) is 0 Å². The third-order valence-corrected chi connectivity index (χ3v) is 7.67. The second-order valence-corrected chi connectivity index (χ2v) is 9.30. The molecule has 2 fully saturated rings. The Bertz CT molecular complexity index is 813. The van der Waals surface area contributed by atoms with Gasteiger partial charge in [-0.25, -0.2) is 0 Å². The number of benzene rings is 1. The van der Waals surface area contributed by atoms with Gasteiger partial charge in [0.2, 0.25) is 0 Å². The molecule has 0 atom stereocenters. The number of nitro groups is 1. The number of hydrogen-bond acceptors (Lipinski definition) is 5. The lowest BCUT2D eigenvalue weighted by atomic mass is 9.96. The maximum Gasteiger partial charge on any atom is 0.282 e. The van der Waals surface area contributed by atoms with Gasteiger partial charge < -0.3 is 4.90 Å². The largest absolute Gasteiger partial charge is 0.336 e. The maximum absolute atomic E-state index is 12.9. The quantitative estimate of drug-likeness (QED) is 0.544. The van der Waals surface area contributed by atoms with Gasteiger partial charge in [-0.15, -0.1) is 0 Å². The molecule has 9 nitrogen and oxygen atoms in total. The molecule has 1 saturated carbocycles. The smallest absolute Gasteiger partial charge is 0.282 e. The molecule has 1 aliphatic carbocycles. The average Bonchev–Trinajstić information content (AvgIpc) is 2.73. The minimum atomic E-state index is -3.54. The first-order valence-electron chi connectivity index (χ1n) is 9.57. The number of nitro benzene ring substituents is 1. The van der Waals surface area contributed by atoms with Gasteiger partial charge in [0, 0.05) is 57.0 Å². The predicted molar refractivity (Wildman–Crippen MR) is 104 cm³/mol. The fourth-order valence-electron chi connectivity index (χ4n) is 3.85. The molecule has 1 heterocycles. The molecular weight excluding hydrogens is 384 g/mol. The fourth-order valence-corrected chi connectivity index (χ4v) is 5.42. The number of amides is 1. The van der Waals surface area contributed by atoms with Gasteiger partial charge in [-0.1, -0.05) is 19.3 Å². The van der Waals surface area contributed by atoms with E-state index in [0.717, 1.165) is 32.1 Å². The molecule has 1 aromatic rings. The lowest BCUT2D eigenvalue weighted by molar-refractivity contribution is -0.384. The van der Waals surface area contributed by atoms with Gasteiger partial charge in [0.15, 0.2) is 0 Å². The summed E-state index contributed by atoms with van der Waals surface area (Å²) in [5.41, 5.74) is 0.291. The van der Waals surface area contributed by atoms with Crippen LogP contribution in [0.4, 0.5) is 5.69 Å². The molecule has 0 bridgehead atoms. The van der Waals surface area contributed by atoms with Crippen LogP contribution in [-0.2, 0) is 10.2 Å². The summed E-state index contributed by atoms with van der Waals surface area (Å²) in [6.45, 7) is 1.09. The summed E-state index contributed by atoms with van der Waals surface area (Å²) in [6.07, 6.45) is 5.07. The highest BCUT2D eigenvalue weighted by Crippen LogP contribution is 2.25. The van der Waals surface area contributed by atoms with Crippen molar-refractivity contribution < 1.29 is 18.1 Å². The number of hydrogen-bond donors (Lipinski definition) is 0. The molecule has 0 radical (unpaired) electrons. The van der Waals surface area contributed by atoms with Gasteiger partial charge in [-0.2, -0.15) is 17.0 Å². The summed E-state index contributed by atoms with van der Waals surface area (Å²) < 4.78 is 28.8. The van der Waals surface area contributed by atoms with Crippen molar-refractivity contribution >= 4 is 21.8 Å².